The Labute approximate surface area is 190 Å². The highest BCUT2D eigenvalue weighted by Crippen LogP contribution is 2.28. The van der Waals surface area contributed by atoms with Gasteiger partial charge in [0.25, 0.3) is 0 Å². The van der Waals surface area contributed by atoms with Crippen molar-refractivity contribution in [2.24, 2.45) is 0 Å². The highest BCUT2D eigenvalue weighted by molar-refractivity contribution is 5.63. The van der Waals surface area contributed by atoms with E-state index >= 15 is 0 Å². The van der Waals surface area contributed by atoms with Crippen molar-refractivity contribution in [2.45, 2.75) is 12.7 Å². The fourth-order valence-electron chi connectivity index (χ4n) is 4.15. The van der Waals surface area contributed by atoms with Gasteiger partial charge in [0.1, 0.15) is 5.75 Å². The Morgan fingerprint density at radius 3 is 2.19 bits per heavy atom. The van der Waals surface area contributed by atoms with Crippen LogP contribution in [0.5, 0.6) is 5.75 Å². The van der Waals surface area contributed by atoms with Crippen LogP contribution in [0.25, 0.3) is 11.1 Å². The fraction of sp³-hybridized carbons (Fsp3) is 0.333. The van der Waals surface area contributed by atoms with Gasteiger partial charge in [0.2, 0.25) is 0 Å². The van der Waals surface area contributed by atoms with E-state index in [1.807, 2.05) is 36.4 Å². The van der Waals surface area contributed by atoms with Crippen LogP contribution in [0.4, 0.5) is 5.69 Å². The van der Waals surface area contributed by atoms with Gasteiger partial charge in [-0.2, -0.15) is 0 Å². The molecule has 5 nitrogen and oxygen atoms in total. The van der Waals surface area contributed by atoms with E-state index in [2.05, 4.69) is 52.3 Å². The number of piperazine rings is 1. The number of benzene rings is 3. The average molecular weight is 433 g/mol. The first kappa shape index (κ1) is 22.3. The number of para-hydroxylation sites is 2. The summed E-state index contributed by atoms with van der Waals surface area (Å²) in [6, 6.07) is 26.9. The standard InChI is InChI=1S/C27H32N2O3/c1-31-27-10-6-5-9-26(27)29-17-15-28(16-18-29)19-25(30)21-32-20-22-11-13-24(14-12-22)23-7-3-2-4-8-23/h2-14,25,30H,15-21H2,1H3. The van der Waals surface area contributed by atoms with Gasteiger partial charge >= 0.3 is 0 Å². The highest BCUT2D eigenvalue weighted by Gasteiger charge is 2.21. The first-order valence-electron chi connectivity index (χ1n) is 11.2. The number of anilines is 1. The molecule has 0 spiro atoms. The van der Waals surface area contributed by atoms with Crippen molar-refractivity contribution in [1.82, 2.24) is 4.90 Å². The number of aliphatic hydroxyl groups is 1. The molecule has 32 heavy (non-hydrogen) atoms. The van der Waals surface area contributed by atoms with E-state index < -0.39 is 6.10 Å². The third-order valence-corrected chi connectivity index (χ3v) is 5.91. The largest absolute Gasteiger partial charge is 0.495 e. The van der Waals surface area contributed by atoms with Crippen LogP contribution in [0.2, 0.25) is 0 Å². The summed E-state index contributed by atoms with van der Waals surface area (Å²) in [5, 5.41) is 10.4. The van der Waals surface area contributed by atoms with Crippen LogP contribution < -0.4 is 9.64 Å². The van der Waals surface area contributed by atoms with Crippen LogP contribution in [0.1, 0.15) is 5.56 Å². The minimum Gasteiger partial charge on any atom is -0.495 e. The maximum absolute atomic E-state index is 10.4. The molecule has 1 aliphatic rings. The monoisotopic (exact) mass is 432 g/mol. The lowest BCUT2D eigenvalue weighted by atomic mass is 10.0. The van der Waals surface area contributed by atoms with Crippen LogP contribution in [0, 0.1) is 0 Å². The summed E-state index contributed by atoms with van der Waals surface area (Å²) in [6.45, 7) is 5.14. The van der Waals surface area contributed by atoms with E-state index in [-0.39, 0.29) is 0 Å². The molecule has 5 heteroatoms. The molecule has 3 aromatic carbocycles. The molecule has 0 aliphatic carbocycles. The number of hydrogen-bond donors (Lipinski definition) is 1. The first-order valence-corrected chi connectivity index (χ1v) is 11.2. The van der Waals surface area contributed by atoms with Gasteiger partial charge in [-0.1, -0.05) is 66.7 Å². The molecule has 0 saturated carbocycles. The van der Waals surface area contributed by atoms with E-state index in [9.17, 15) is 5.11 Å². The average Bonchev–Trinajstić information content (AvgIpc) is 2.85. The van der Waals surface area contributed by atoms with Crippen molar-refractivity contribution < 1.29 is 14.6 Å². The van der Waals surface area contributed by atoms with E-state index in [1.54, 1.807) is 7.11 Å². The number of ether oxygens (including phenoxy) is 2. The Morgan fingerprint density at radius 1 is 0.812 bits per heavy atom. The molecule has 0 aromatic heterocycles. The summed E-state index contributed by atoms with van der Waals surface area (Å²) >= 11 is 0. The Kier molecular flexibility index (Phi) is 7.77. The fourth-order valence-corrected chi connectivity index (χ4v) is 4.15. The van der Waals surface area contributed by atoms with Gasteiger partial charge < -0.3 is 19.5 Å². The molecule has 1 unspecified atom stereocenters. The molecule has 168 valence electrons. The van der Waals surface area contributed by atoms with Gasteiger partial charge in [-0.15, -0.1) is 0 Å². The summed E-state index contributed by atoms with van der Waals surface area (Å²) in [5.74, 6) is 0.909. The van der Waals surface area contributed by atoms with Crippen molar-refractivity contribution in [3.63, 3.8) is 0 Å². The van der Waals surface area contributed by atoms with E-state index in [1.165, 1.54) is 11.1 Å². The third-order valence-electron chi connectivity index (χ3n) is 5.91. The highest BCUT2D eigenvalue weighted by atomic mass is 16.5. The van der Waals surface area contributed by atoms with Gasteiger partial charge in [-0.3, -0.25) is 4.90 Å². The molecule has 1 heterocycles. The van der Waals surface area contributed by atoms with Crippen LogP contribution in [-0.2, 0) is 11.3 Å². The quantitative estimate of drug-likeness (QED) is 0.552. The molecular weight excluding hydrogens is 400 g/mol. The second kappa shape index (κ2) is 11.1. The Morgan fingerprint density at radius 2 is 1.47 bits per heavy atom. The smallest absolute Gasteiger partial charge is 0.142 e. The molecular formula is C27H32N2O3. The summed E-state index contributed by atoms with van der Waals surface area (Å²) in [5.41, 5.74) is 4.65. The van der Waals surface area contributed by atoms with Crippen LogP contribution in [0.3, 0.4) is 0 Å². The zero-order chi connectivity index (χ0) is 22.2. The van der Waals surface area contributed by atoms with Gasteiger partial charge in [0.15, 0.2) is 0 Å². The molecule has 1 saturated heterocycles. The van der Waals surface area contributed by atoms with Crippen LogP contribution in [-0.4, -0.2) is 62.6 Å². The molecule has 0 bridgehead atoms. The third kappa shape index (κ3) is 5.88. The lowest BCUT2D eigenvalue weighted by Gasteiger charge is -2.37. The minimum absolute atomic E-state index is 0.340. The lowest BCUT2D eigenvalue weighted by Crippen LogP contribution is -2.49. The first-order chi connectivity index (χ1) is 15.7. The molecule has 1 atom stereocenters. The Hall–Kier alpha value is -2.86. The molecule has 4 rings (SSSR count). The lowest BCUT2D eigenvalue weighted by molar-refractivity contribution is 0.00913. The molecule has 0 radical (unpaired) electrons. The topological polar surface area (TPSA) is 45.2 Å². The van der Waals surface area contributed by atoms with Crippen molar-refractivity contribution in [2.75, 3.05) is 51.3 Å². The normalized spacial score (nSPS) is 15.5. The van der Waals surface area contributed by atoms with E-state index in [0.29, 0.717) is 19.8 Å². The zero-order valence-corrected chi connectivity index (χ0v) is 18.7. The van der Waals surface area contributed by atoms with Crippen LogP contribution in [0.15, 0.2) is 78.9 Å². The van der Waals surface area contributed by atoms with E-state index in [4.69, 9.17) is 9.47 Å². The summed E-state index contributed by atoms with van der Waals surface area (Å²) in [4.78, 5) is 4.64. The van der Waals surface area contributed by atoms with Crippen molar-refractivity contribution in [1.29, 1.82) is 0 Å². The number of hydrogen-bond acceptors (Lipinski definition) is 5. The second-order valence-corrected chi connectivity index (χ2v) is 8.19. The van der Waals surface area contributed by atoms with Crippen molar-refractivity contribution in [3.8, 4) is 16.9 Å². The van der Waals surface area contributed by atoms with E-state index in [0.717, 1.165) is 43.2 Å². The zero-order valence-electron chi connectivity index (χ0n) is 18.7. The number of nitrogens with zero attached hydrogens (tertiary/aromatic N) is 2. The van der Waals surface area contributed by atoms with Gasteiger partial charge in [-0.25, -0.2) is 0 Å². The number of rotatable bonds is 9. The SMILES string of the molecule is COc1ccccc1N1CCN(CC(O)COCc2ccc(-c3ccccc3)cc2)CC1. The predicted molar refractivity (Wildman–Crippen MR) is 129 cm³/mol. The summed E-state index contributed by atoms with van der Waals surface area (Å²) < 4.78 is 11.3. The van der Waals surface area contributed by atoms with Crippen molar-refractivity contribution >= 4 is 5.69 Å². The Balaban J connectivity index is 1.18. The summed E-state index contributed by atoms with van der Waals surface area (Å²) in [7, 11) is 1.71. The Bertz CT molecular complexity index is 954. The predicted octanol–water partition coefficient (Wildman–Crippen LogP) is 4.06. The van der Waals surface area contributed by atoms with Gasteiger partial charge in [0, 0.05) is 32.7 Å². The summed E-state index contributed by atoms with van der Waals surface area (Å²) in [6.07, 6.45) is -0.489. The molecule has 1 fully saturated rings. The van der Waals surface area contributed by atoms with Gasteiger partial charge in [-0.05, 0) is 28.8 Å². The van der Waals surface area contributed by atoms with Crippen LogP contribution >= 0.6 is 0 Å². The number of aliphatic hydroxyl groups excluding tert-OH is 1. The number of methoxy groups -OCH3 is 1. The van der Waals surface area contributed by atoms with Crippen molar-refractivity contribution in [3.05, 3.63) is 84.4 Å². The molecule has 1 aliphatic heterocycles. The second-order valence-electron chi connectivity index (χ2n) is 8.19. The molecule has 0 amide bonds. The maximum atomic E-state index is 10.4. The van der Waals surface area contributed by atoms with Gasteiger partial charge in [0.05, 0.1) is 32.1 Å². The maximum Gasteiger partial charge on any atom is 0.142 e. The molecule has 3 aromatic rings. The molecule has 1 N–H and O–H groups in total. The minimum atomic E-state index is -0.489. The number of β-amino-alcohol motifs (C(OH)–C–C–N with tert-alkyl or cyclic N) is 1.